The second kappa shape index (κ2) is 10.2. The Labute approximate surface area is 207 Å². The molecular weight excluding hydrogens is 560 g/mol. The molecule has 0 aliphatic heterocycles. The van der Waals surface area contributed by atoms with Gasteiger partial charge in [0.1, 0.15) is 5.75 Å². The van der Waals surface area contributed by atoms with Crippen LogP contribution in [0.15, 0.2) is 81.4 Å². The SMILES string of the molecule is O=S(=O)(NSc1cc(Cl)c(Cl)cc1NS(=O)(=O)c1ccc(OC(F)(F)F)cc1)c1ccccc1. The quantitative estimate of drug-likeness (QED) is 0.337. The minimum absolute atomic E-state index is 0.0224. The summed E-state index contributed by atoms with van der Waals surface area (Å²) in [6.07, 6.45) is -4.93. The van der Waals surface area contributed by atoms with E-state index in [9.17, 15) is 30.0 Å². The zero-order chi connectivity index (χ0) is 25.1. The summed E-state index contributed by atoms with van der Waals surface area (Å²) in [5.41, 5.74) is -0.120. The van der Waals surface area contributed by atoms with Gasteiger partial charge < -0.3 is 4.74 Å². The molecule has 15 heteroatoms. The van der Waals surface area contributed by atoms with E-state index in [4.69, 9.17) is 23.2 Å². The maximum atomic E-state index is 12.8. The van der Waals surface area contributed by atoms with Gasteiger partial charge in [0.15, 0.2) is 0 Å². The van der Waals surface area contributed by atoms with Crippen molar-refractivity contribution in [3.05, 3.63) is 76.8 Å². The topological polar surface area (TPSA) is 102 Å². The summed E-state index contributed by atoms with van der Waals surface area (Å²) in [6.45, 7) is 0. The Bertz CT molecular complexity index is 1390. The molecule has 0 radical (unpaired) electrons. The van der Waals surface area contributed by atoms with Crippen LogP contribution in [0.1, 0.15) is 0 Å². The monoisotopic (exact) mass is 572 g/mol. The number of halogens is 5. The van der Waals surface area contributed by atoms with Gasteiger partial charge in [-0.1, -0.05) is 41.4 Å². The molecule has 0 saturated heterocycles. The Hall–Kier alpha value is -2.16. The number of nitrogens with one attached hydrogen (secondary N) is 2. The Morgan fingerprint density at radius 3 is 1.94 bits per heavy atom. The first-order valence-corrected chi connectivity index (χ1v) is 13.4. The molecule has 0 fully saturated rings. The van der Waals surface area contributed by atoms with Crippen molar-refractivity contribution < 1.29 is 34.7 Å². The van der Waals surface area contributed by atoms with Gasteiger partial charge in [0.2, 0.25) is 10.0 Å². The first-order valence-electron chi connectivity index (χ1n) is 8.88. The number of rotatable bonds is 8. The van der Waals surface area contributed by atoms with Crippen molar-refractivity contribution in [1.82, 2.24) is 4.13 Å². The summed E-state index contributed by atoms with van der Waals surface area (Å²) in [6, 6.07) is 13.3. The zero-order valence-corrected chi connectivity index (χ0v) is 20.5. The number of hydrogen-bond donors (Lipinski definition) is 2. The lowest BCUT2D eigenvalue weighted by atomic mass is 10.3. The molecule has 3 rings (SSSR count). The second-order valence-electron chi connectivity index (χ2n) is 6.39. The third-order valence-electron chi connectivity index (χ3n) is 3.95. The maximum absolute atomic E-state index is 12.8. The van der Waals surface area contributed by atoms with E-state index in [0.717, 1.165) is 24.3 Å². The van der Waals surface area contributed by atoms with Gasteiger partial charge in [0.25, 0.3) is 10.0 Å². The van der Waals surface area contributed by atoms with Crippen LogP contribution < -0.4 is 13.6 Å². The average Bonchev–Trinajstić information content (AvgIpc) is 2.75. The lowest BCUT2D eigenvalue weighted by Crippen LogP contribution is -2.18. The van der Waals surface area contributed by atoms with Crippen LogP contribution in [0.5, 0.6) is 5.75 Å². The Kier molecular flexibility index (Phi) is 7.95. The molecule has 0 aromatic heterocycles. The first kappa shape index (κ1) is 26.4. The van der Waals surface area contributed by atoms with Gasteiger partial charge in [-0.15, -0.1) is 17.3 Å². The molecule has 3 aromatic rings. The number of sulfonamides is 2. The Morgan fingerprint density at radius 2 is 1.35 bits per heavy atom. The molecule has 0 aliphatic rings. The summed E-state index contributed by atoms with van der Waals surface area (Å²) < 4.78 is 95.7. The fraction of sp³-hybridized carbons (Fsp3) is 0.0526. The van der Waals surface area contributed by atoms with E-state index >= 15 is 0 Å². The van der Waals surface area contributed by atoms with E-state index < -0.39 is 32.2 Å². The highest BCUT2D eigenvalue weighted by molar-refractivity contribution is 8.09. The zero-order valence-electron chi connectivity index (χ0n) is 16.5. The predicted octanol–water partition coefficient (Wildman–Crippen LogP) is 5.68. The van der Waals surface area contributed by atoms with Gasteiger partial charge in [-0.3, -0.25) is 4.72 Å². The summed E-state index contributed by atoms with van der Waals surface area (Å²) >= 11 is 12.6. The van der Waals surface area contributed by atoms with Gasteiger partial charge in [0.05, 0.1) is 25.5 Å². The molecule has 0 amide bonds. The fourth-order valence-electron chi connectivity index (χ4n) is 2.46. The van der Waals surface area contributed by atoms with Crippen molar-refractivity contribution in [1.29, 1.82) is 0 Å². The summed E-state index contributed by atoms with van der Waals surface area (Å²) in [5.74, 6) is -0.604. The van der Waals surface area contributed by atoms with Crippen molar-refractivity contribution >= 4 is 60.9 Å². The molecule has 0 bridgehead atoms. The highest BCUT2D eigenvalue weighted by atomic mass is 35.5. The molecule has 182 valence electrons. The van der Waals surface area contributed by atoms with Gasteiger partial charge in [-0.25, -0.2) is 16.8 Å². The number of alkyl halides is 3. The van der Waals surface area contributed by atoms with Crippen LogP contribution in [0.25, 0.3) is 0 Å². The smallest absolute Gasteiger partial charge is 0.406 e. The van der Waals surface area contributed by atoms with Gasteiger partial charge in [-0.05, 0) is 60.5 Å². The fourth-order valence-corrected chi connectivity index (χ4v) is 6.09. The molecule has 0 saturated carbocycles. The molecule has 3 aromatic carbocycles. The van der Waals surface area contributed by atoms with E-state index in [2.05, 4.69) is 13.6 Å². The van der Waals surface area contributed by atoms with Crippen LogP contribution >= 0.6 is 35.1 Å². The summed E-state index contributed by atoms with van der Waals surface area (Å²) in [7, 11) is -8.27. The largest absolute Gasteiger partial charge is 0.573 e. The number of anilines is 1. The summed E-state index contributed by atoms with van der Waals surface area (Å²) in [4.78, 5) is -0.339. The molecule has 0 aliphatic carbocycles. The predicted molar refractivity (Wildman–Crippen MR) is 123 cm³/mol. The van der Waals surface area contributed by atoms with Crippen LogP contribution in [0.4, 0.5) is 18.9 Å². The Balaban J connectivity index is 1.86. The lowest BCUT2D eigenvalue weighted by Gasteiger charge is -2.15. The molecule has 7 nitrogen and oxygen atoms in total. The lowest BCUT2D eigenvalue weighted by molar-refractivity contribution is -0.274. The van der Waals surface area contributed by atoms with Gasteiger partial charge in [0, 0.05) is 4.90 Å². The number of ether oxygens (including phenoxy) is 1. The van der Waals surface area contributed by atoms with E-state index in [1.54, 1.807) is 6.07 Å². The second-order valence-corrected chi connectivity index (χ2v) is 11.7. The van der Waals surface area contributed by atoms with Crippen LogP contribution in [-0.4, -0.2) is 23.2 Å². The number of hydrogen-bond acceptors (Lipinski definition) is 6. The van der Waals surface area contributed by atoms with Crippen LogP contribution in [0.3, 0.4) is 0 Å². The average molecular weight is 573 g/mol. The van der Waals surface area contributed by atoms with Gasteiger partial charge >= 0.3 is 6.36 Å². The van der Waals surface area contributed by atoms with Crippen molar-refractivity contribution in [3.63, 3.8) is 0 Å². The van der Waals surface area contributed by atoms with Crippen molar-refractivity contribution in [2.24, 2.45) is 0 Å². The molecule has 0 spiro atoms. The molecule has 34 heavy (non-hydrogen) atoms. The maximum Gasteiger partial charge on any atom is 0.573 e. The highest BCUT2D eigenvalue weighted by Crippen LogP contribution is 2.36. The van der Waals surface area contributed by atoms with Crippen molar-refractivity contribution in [2.75, 3.05) is 4.72 Å². The third kappa shape index (κ3) is 6.93. The molecule has 0 atom stereocenters. The van der Waals surface area contributed by atoms with E-state index in [-0.39, 0.29) is 30.4 Å². The molecule has 2 N–H and O–H groups in total. The minimum Gasteiger partial charge on any atom is -0.406 e. The highest BCUT2D eigenvalue weighted by Gasteiger charge is 2.31. The standard InChI is InChI=1S/C19H13Cl2F3N2O5S3/c20-15-10-17(25-33(27,28)14-8-6-12(7-9-14)31-19(22,23)24)18(11-16(15)21)32-26-34(29,30)13-4-2-1-3-5-13/h1-11,25-26H. The van der Waals surface area contributed by atoms with Crippen LogP contribution in [0, 0.1) is 0 Å². The van der Waals surface area contributed by atoms with Gasteiger partial charge in [-0.2, -0.15) is 0 Å². The van der Waals surface area contributed by atoms with Crippen molar-refractivity contribution in [2.45, 2.75) is 21.0 Å². The molecule has 0 unspecified atom stereocenters. The third-order valence-corrected chi connectivity index (χ3v) is 8.71. The summed E-state index contributed by atoms with van der Waals surface area (Å²) in [5, 5.41) is 0.00299. The minimum atomic E-state index is -4.93. The van der Waals surface area contributed by atoms with Crippen LogP contribution in [-0.2, 0) is 20.0 Å². The van der Waals surface area contributed by atoms with E-state index in [0.29, 0.717) is 11.9 Å². The Morgan fingerprint density at radius 1 is 0.794 bits per heavy atom. The normalized spacial score (nSPS) is 12.4. The molecule has 0 heterocycles. The van der Waals surface area contributed by atoms with E-state index in [1.165, 1.54) is 36.4 Å². The number of benzene rings is 3. The molecular formula is C19H13Cl2F3N2O5S3. The van der Waals surface area contributed by atoms with Crippen LogP contribution in [0.2, 0.25) is 10.0 Å². The first-order chi connectivity index (χ1) is 15.8. The van der Waals surface area contributed by atoms with E-state index in [1.807, 2.05) is 0 Å². The van der Waals surface area contributed by atoms with Crippen molar-refractivity contribution in [3.8, 4) is 5.75 Å².